The largest absolute Gasteiger partial charge is 0.378 e. The maximum absolute atomic E-state index is 12.9. The number of aromatic nitrogens is 1. The van der Waals surface area contributed by atoms with E-state index in [0.717, 1.165) is 57.1 Å². The van der Waals surface area contributed by atoms with Gasteiger partial charge < -0.3 is 14.5 Å². The van der Waals surface area contributed by atoms with Gasteiger partial charge in [-0.2, -0.15) is 0 Å². The lowest BCUT2D eigenvalue weighted by Gasteiger charge is -2.30. The molecule has 0 aliphatic carbocycles. The van der Waals surface area contributed by atoms with Crippen LogP contribution in [0.3, 0.4) is 0 Å². The predicted molar refractivity (Wildman–Crippen MR) is 101 cm³/mol. The zero-order chi connectivity index (χ0) is 17.9. The van der Waals surface area contributed by atoms with Gasteiger partial charge in [0.2, 0.25) is 0 Å². The van der Waals surface area contributed by atoms with Crippen LogP contribution in [0, 0.1) is 6.92 Å². The normalized spacial score (nSPS) is 20.4. The fraction of sp³-hybridized carbons (Fsp3) is 0.429. The predicted octanol–water partition coefficient (Wildman–Crippen LogP) is 3.20. The van der Waals surface area contributed by atoms with Crippen LogP contribution in [0.2, 0.25) is 0 Å². The van der Waals surface area contributed by atoms with E-state index in [-0.39, 0.29) is 11.9 Å². The molecule has 2 fully saturated rings. The number of carbonyl (C=O) groups is 1. The molecule has 3 heterocycles. The Bertz CT molecular complexity index is 772. The summed E-state index contributed by atoms with van der Waals surface area (Å²) in [7, 11) is 0. The number of carbonyl (C=O) groups excluding carboxylic acids is 1. The summed E-state index contributed by atoms with van der Waals surface area (Å²) in [4.78, 5) is 21.9. The fourth-order valence-electron chi connectivity index (χ4n) is 3.95. The zero-order valence-electron chi connectivity index (χ0n) is 15.2. The molecule has 26 heavy (non-hydrogen) atoms. The Labute approximate surface area is 154 Å². The quantitative estimate of drug-likeness (QED) is 0.852. The third-order valence-corrected chi connectivity index (χ3v) is 5.37. The van der Waals surface area contributed by atoms with E-state index in [4.69, 9.17) is 9.72 Å². The van der Waals surface area contributed by atoms with Crippen molar-refractivity contribution in [3.63, 3.8) is 0 Å². The van der Waals surface area contributed by atoms with Crippen LogP contribution < -0.4 is 4.90 Å². The molecule has 0 radical (unpaired) electrons. The van der Waals surface area contributed by atoms with Crippen LogP contribution in [0.25, 0.3) is 0 Å². The molecule has 0 spiro atoms. The molecule has 2 aromatic rings. The van der Waals surface area contributed by atoms with E-state index in [2.05, 4.69) is 17.9 Å². The van der Waals surface area contributed by atoms with Gasteiger partial charge in [0.15, 0.2) is 0 Å². The molecule has 0 bridgehead atoms. The average Bonchev–Trinajstić information content (AvgIpc) is 3.18. The topological polar surface area (TPSA) is 45.7 Å². The second kappa shape index (κ2) is 7.46. The molecule has 5 heteroatoms. The number of hydrogen-bond acceptors (Lipinski definition) is 4. The molecule has 1 amide bonds. The maximum atomic E-state index is 12.9. The van der Waals surface area contributed by atoms with Gasteiger partial charge in [-0.15, -0.1) is 0 Å². The van der Waals surface area contributed by atoms with Crippen molar-refractivity contribution in [2.24, 2.45) is 0 Å². The van der Waals surface area contributed by atoms with E-state index in [9.17, 15) is 4.79 Å². The first kappa shape index (κ1) is 17.0. The zero-order valence-corrected chi connectivity index (χ0v) is 15.2. The van der Waals surface area contributed by atoms with Crippen molar-refractivity contribution >= 4 is 11.7 Å². The molecule has 1 atom stereocenters. The van der Waals surface area contributed by atoms with Gasteiger partial charge in [0.05, 0.1) is 19.3 Å². The second-order valence-corrected chi connectivity index (χ2v) is 7.02. The Hall–Kier alpha value is -2.40. The molecular weight excluding hydrogens is 326 g/mol. The Kier molecular flexibility index (Phi) is 4.89. The summed E-state index contributed by atoms with van der Waals surface area (Å²) >= 11 is 0. The molecule has 2 aliphatic rings. The number of likely N-dealkylation sites (tertiary alicyclic amines) is 1. The monoisotopic (exact) mass is 351 g/mol. The van der Waals surface area contributed by atoms with Gasteiger partial charge in [-0.05, 0) is 49.1 Å². The van der Waals surface area contributed by atoms with Gasteiger partial charge in [0.1, 0.15) is 5.82 Å². The highest BCUT2D eigenvalue weighted by Crippen LogP contribution is 2.35. The number of aryl methyl sites for hydroxylation is 1. The minimum absolute atomic E-state index is 0.116. The third-order valence-electron chi connectivity index (χ3n) is 5.37. The summed E-state index contributed by atoms with van der Waals surface area (Å²) in [5, 5.41) is 0. The number of morpholine rings is 1. The average molecular weight is 351 g/mol. The van der Waals surface area contributed by atoms with E-state index in [1.807, 2.05) is 41.4 Å². The number of ether oxygens (including phenoxy) is 1. The smallest absolute Gasteiger partial charge is 0.254 e. The number of rotatable bonds is 3. The molecule has 4 rings (SSSR count). The lowest BCUT2D eigenvalue weighted by atomic mass is 10.0. The van der Waals surface area contributed by atoms with Crippen LogP contribution >= 0.6 is 0 Å². The lowest BCUT2D eigenvalue weighted by molar-refractivity contribution is 0.0735. The third kappa shape index (κ3) is 3.31. The summed E-state index contributed by atoms with van der Waals surface area (Å²) in [5.74, 6) is 1.12. The van der Waals surface area contributed by atoms with Gasteiger partial charge in [0, 0.05) is 31.4 Å². The van der Waals surface area contributed by atoms with Crippen molar-refractivity contribution in [2.75, 3.05) is 37.7 Å². The molecule has 2 saturated heterocycles. The molecule has 0 unspecified atom stereocenters. The first-order valence-electron chi connectivity index (χ1n) is 9.39. The summed E-state index contributed by atoms with van der Waals surface area (Å²) in [6, 6.07) is 11.8. The summed E-state index contributed by atoms with van der Waals surface area (Å²) in [6.07, 6.45) is 4.01. The van der Waals surface area contributed by atoms with Gasteiger partial charge in [0.25, 0.3) is 5.91 Å². The lowest BCUT2D eigenvalue weighted by Crippen LogP contribution is -2.37. The standard InChI is InChI=1S/C21H25N3O2/c1-16-14-20(23-10-12-26-13-11-23)22-15-18(16)19-8-5-9-24(19)21(25)17-6-3-2-4-7-17/h2-4,6-7,14-15,19H,5,8-13H2,1H3/t19-/m1/s1. The van der Waals surface area contributed by atoms with Crippen molar-refractivity contribution in [1.29, 1.82) is 0 Å². The number of amides is 1. The number of hydrogen-bond donors (Lipinski definition) is 0. The molecule has 1 aromatic carbocycles. The number of pyridine rings is 1. The van der Waals surface area contributed by atoms with Crippen molar-refractivity contribution in [3.05, 3.63) is 59.3 Å². The first-order valence-corrected chi connectivity index (χ1v) is 9.39. The van der Waals surface area contributed by atoms with Crippen LogP contribution in [0.4, 0.5) is 5.82 Å². The molecule has 5 nitrogen and oxygen atoms in total. The van der Waals surface area contributed by atoms with Crippen LogP contribution in [0.5, 0.6) is 0 Å². The molecule has 136 valence electrons. The molecule has 1 aromatic heterocycles. The highest BCUT2D eigenvalue weighted by Gasteiger charge is 2.31. The molecule has 2 aliphatic heterocycles. The van der Waals surface area contributed by atoms with E-state index in [0.29, 0.717) is 0 Å². The van der Waals surface area contributed by atoms with Crippen LogP contribution in [-0.4, -0.2) is 48.6 Å². The Morgan fingerprint density at radius 1 is 1.15 bits per heavy atom. The van der Waals surface area contributed by atoms with Crippen molar-refractivity contribution < 1.29 is 9.53 Å². The summed E-state index contributed by atoms with van der Waals surface area (Å²) in [6.45, 7) is 6.21. The van der Waals surface area contributed by atoms with Crippen LogP contribution in [-0.2, 0) is 4.74 Å². The number of anilines is 1. The summed E-state index contributed by atoms with van der Waals surface area (Å²) in [5.41, 5.74) is 3.14. The van der Waals surface area contributed by atoms with Gasteiger partial charge in [-0.3, -0.25) is 4.79 Å². The Balaban J connectivity index is 1.57. The van der Waals surface area contributed by atoms with Gasteiger partial charge in [-0.25, -0.2) is 4.98 Å². The van der Waals surface area contributed by atoms with Gasteiger partial charge in [-0.1, -0.05) is 18.2 Å². The van der Waals surface area contributed by atoms with E-state index >= 15 is 0 Å². The highest BCUT2D eigenvalue weighted by atomic mass is 16.5. The second-order valence-electron chi connectivity index (χ2n) is 7.02. The van der Waals surface area contributed by atoms with E-state index in [1.165, 1.54) is 11.1 Å². The Morgan fingerprint density at radius 3 is 2.65 bits per heavy atom. The SMILES string of the molecule is Cc1cc(N2CCOCC2)ncc1[C@H]1CCCN1C(=O)c1ccccc1. The maximum Gasteiger partial charge on any atom is 0.254 e. The van der Waals surface area contributed by atoms with Gasteiger partial charge >= 0.3 is 0 Å². The molecular formula is C21H25N3O2. The van der Waals surface area contributed by atoms with Crippen LogP contribution in [0.1, 0.15) is 40.4 Å². The minimum Gasteiger partial charge on any atom is -0.378 e. The molecule has 0 N–H and O–H groups in total. The minimum atomic E-state index is 0.116. The van der Waals surface area contributed by atoms with E-state index in [1.54, 1.807) is 0 Å². The summed E-state index contributed by atoms with van der Waals surface area (Å²) < 4.78 is 5.43. The van der Waals surface area contributed by atoms with Crippen molar-refractivity contribution in [2.45, 2.75) is 25.8 Å². The Morgan fingerprint density at radius 2 is 1.92 bits per heavy atom. The van der Waals surface area contributed by atoms with E-state index < -0.39 is 0 Å². The van der Waals surface area contributed by atoms with Crippen LogP contribution in [0.15, 0.2) is 42.6 Å². The highest BCUT2D eigenvalue weighted by molar-refractivity contribution is 5.94. The molecule has 0 saturated carbocycles. The van der Waals surface area contributed by atoms with Crippen molar-refractivity contribution in [1.82, 2.24) is 9.88 Å². The first-order chi connectivity index (χ1) is 12.7. The fourth-order valence-corrected chi connectivity index (χ4v) is 3.95. The number of nitrogens with zero attached hydrogens (tertiary/aromatic N) is 3. The van der Waals surface area contributed by atoms with Crippen molar-refractivity contribution in [3.8, 4) is 0 Å². The number of benzene rings is 1.